The van der Waals surface area contributed by atoms with E-state index in [1.807, 2.05) is 24.3 Å². The average Bonchev–Trinajstić information content (AvgIpc) is 3.36. The smallest absolute Gasteiger partial charge is 0.303 e. The van der Waals surface area contributed by atoms with Crippen molar-refractivity contribution in [1.82, 2.24) is 0 Å². The summed E-state index contributed by atoms with van der Waals surface area (Å²) >= 11 is 0. The highest BCUT2D eigenvalue weighted by Crippen LogP contribution is 2.29. The summed E-state index contributed by atoms with van der Waals surface area (Å²) in [5, 5.41) is 18.3. The zero-order chi connectivity index (χ0) is 19.0. The van der Waals surface area contributed by atoms with E-state index >= 15 is 0 Å². The number of hydrogen-bond acceptors (Lipinski definition) is 3. The van der Waals surface area contributed by atoms with Crippen LogP contribution in [0.1, 0.15) is 51.9 Å². The van der Waals surface area contributed by atoms with E-state index in [9.17, 15) is 9.90 Å². The number of ether oxygens (including phenoxy) is 1. The monoisotopic (exact) mass is 360 g/mol. The molecule has 0 radical (unpaired) electrons. The predicted octanol–water partition coefficient (Wildman–Crippen LogP) is 4.73. The summed E-state index contributed by atoms with van der Waals surface area (Å²) in [6, 6.07) is 0. The van der Waals surface area contributed by atoms with Crippen LogP contribution in [0.15, 0.2) is 60.8 Å². The maximum absolute atomic E-state index is 10.3. The molecule has 26 heavy (non-hydrogen) atoms. The first-order chi connectivity index (χ1) is 12.6. The van der Waals surface area contributed by atoms with Crippen LogP contribution in [0.25, 0.3) is 0 Å². The molecule has 3 atom stereocenters. The molecule has 1 aliphatic heterocycles. The second-order valence-corrected chi connectivity index (χ2v) is 6.29. The Hall–Kier alpha value is -1.91. The molecule has 2 N–H and O–H groups in total. The standard InChI is InChI=1S/C22H32O4/c1-2-20-21(26-20)18-19(23)16-14-12-10-8-6-4-3-5-7-9-11-13-15-17-22(24)25/h4-7,10-14,16,19-21,23H,2-3,8-9,15,17-18H2,1H3,(H,24,25). The fourth-order valence-electron chi connectivity index (χ4n) is 2.45. The highest BCUT2D eigenvalue weighted by Gasteiger charge is 2.37. The predicted molar refractivity (Wildman–Crippen MR) is 106 cm³/mol. The molecule has 0 amide bonds. The topological polar surface area (TPSA) is 70.1 Å². The Bertz CT molecular complexity index is 528. The molecule has 0 aromatic carbocycles. The van der Waals surface area contributed by atoms with Gasteiger partial charge in [-0.15, -0.1) is 0 Å². The number of hydrogen-bond donors (Lipinski definition) is 2. The van der Waals surface area contributed by atoms with Gasteiger partial charge >= 0.3 is 5.97 Å². The Morgan fingerprint density at radius 3 is 2.15 bits per heavy atom. The van der Waals surface area contributed by atoms with Crippen molar-refractivity contribution in [2.24, 2.45) is 0 Å². The fourth-order valence-corrected chi connectivity index (χ4v) is 2.45. The number of carboxylic acids is 1. The maximum atomic E-state index is 10.3. The van der Waals surface area contributed by atoms with Crippen molar-refractivity contribution in [3.05, 3.63) is 60.8 Å². The lowest BCUT2D eigenvalue weighted by Gasteiger charge is -2.00. The average molecular weight is 360 g/mol. The van der Waals surface area contributed by atoms with Crippen LogP contribution >= 0.6 is 0 Å². The normalized spacial score (nSPS) is 21.8. The van der Waals surface area contributed by atoms with E-state index in [1.54, 1.807) is 6.08 Å². The minimum absolute atomic E-state index is 0.193. The van der Waals surface area contributed by atoms with E-state index in [0.29, 0.717) is 18.9 Å². The van der Waals surface area contributed by atoms with Crippen LogP contribution < -0.4 is 0 Å². The first-order valence-corrected chi connectivity index (χ1v) is 9.47. The van der Waals surface area contributed by atoms with Gasteiger partial charge in [0.15, 0.2) is 0 Å². The third-order valence-corrected chi connectivity index (χ3v) is 3.99. The molecule has 0 aliphatic carbocycles. The summed E-state index contributed by atoms with van der Waals surface area (Å²) in [6.07, 6.45) is 25.2. The van der Waals surface area contributed by atoms with Crippen LogP contribution in [0.4, 0.5) is 0 Å². The maximum Gasteiger partial charge on any atom is 0.303 e. The molecule has 1 rings (SSSR count). The van der Waals surface area contributed by atoms with Crippen molar-refractivity contribution >= 4 is 5.97 Å². The SMILES string of the molecule is CCC1OC1CC(O)C=CC=CCC=CCC=CCC=CCCC(=O)O. The van der Waals surface area contributed by atoms with Crippen LogP contribution in [0.2, 0.25) is 0 Å². The summed E-state index contributed by atoms with van der Waals surface area (Å²) < 4.78 is 5.42. The number of aliphatic hydroxyl groups is 1. The lowest BCUT2D eigenvalue weighted by Crippen LogP contribution is -2.07. The van der Waals surface area contributed by atoms with Crippen LogP contribution in [-0.2, 0) is 9.53 Å². The van der Waals surface area contributed by atoms with Gasteiger partial charge in [0.1, 0.15) is 0 Å². The molecule has 4 nitrogen and oxygen atoms in total. The summed E-state index contributed by atoms with van der Waals surface area (Å²) in [5.41, 5.74) is 0. The minimum atomic E-state index is -0.756. The van der Waals surface area contributed by atoms with Gasteiger partial charge in [-0.2, -0.15) is 0 Å². The minimum Gasteiger partial charge on any atom is -0.481 e. The number of carboxylic acid groups (broad SMARTS) is 1. The first-order valence-electron chi connectivity index (χ1n) is 9.47. The summed E-state index contributed by atoms with van der Waals surface area (Å²) in [4.78, 5) is 10.3. The van der Waals surface area contributed by atoms with E-state index < -0.39 is 12.1 Å². The van der Waals surface area contributed by atoms with Crippen molar-refractivity contribution in [3.63, 3.8) is 0 Å². The van der Waals surface area contributed by atoms with Crippen LogP contribution in [0.5, 0.6) is 0 Å². The number of epoxide rings is 1. The van der Waals surface area contributed by atoms with Gasteiger partial charge in [0.05, 0.1) is 18.3 Å². The zero-order valence-corrected chi connectivity index (χ0v) is 15.7. The Morgan fingerprint density at radius 2 is 1.58 bits per heavy atom. The van der Waals surface area contributed by atoms with E-state index in [-0.39, 0.29) is 12.5 Å². The Labute approximate surface area is 157 Å². The molecule has 1 fully saturated rings. The second kappa shape index (κ2) is 14.3. The van der Waals surface area contributed by atoms with E-state index in [4.69, 9.17) is 9.84 Å². The molecular weight excluding hydrogens is 328 g/mol. The second-order valence-electron chi connectivity index (χ2n) is 6.29. The number of aliphatic hydroxyl groups excluding tert-OH is 1. The quantitative estimate of drug-likeness (QED) is 0.267. The molecule has 3 unspecified atom stereocenters. The molecule has 144 valence electrons. The van der Waals surface area contributed by atoms with Gasteiger partial charge < -0.3 is 14.9 Å². The van der Waals surface area contributed by atoms with Crippen LogP contribution in [0.3, 0.4) is 0 Å². The summed E-state index contributed by atoms with van der Waals surface area (Å²) in [5.74, 6) is -0.756. The van der Waals surface area contributed by atoms with Gasteiger partial charge in [-0.3, -0.25) is 4.79 Å². The van der Waals surface area contributed by atoms with Crippen LogP contribution in [-0.4, -0.2) is 34.5 Å². The van der Waals surface area contributed by atoms with Gasteiger partial charge in [0, 0.05) is 12.8 Å². The molecule has 1 aliphatic rings. The molecule has 1 heterocycles. The Balaban J connectivity index is 1.99. The number of aliphatic carboxylic acids is 1. The summed E-state index contributed by atoms with van der Waals surface area (Å²) in [7, 11) is 0. The first kappa shape index (κ1) is 22.1. The molecule has 0 bridgehead atoms. The molecule has 0 aromatic rings. The van der Waals surface area contributed by atoms with Crippen molar-refractivity contribution in [1.29, 1.82) is 0 Å². The number of carbonyl (C=O) groups is 1. The lowest BCUT2D eigenvalue weighted by molar-refractivity contribution is -0.136. The van der Waals surface area contributed by atoms with Crippen molar-refractivity contribution in [3.8, 4) is 0 Å². The zero-order valence-electron chi connectivity index (χ0n) is 15.7. The summed E-state index contributed by atoms with van der Waals surface area (Å²) in [6.45, 7) is 2.10. The molecule has 0 aromatic heterocycles. The van der Waals surface area contributed by atoms with Crippen molar-refractivity contribution in [2.75, 3.05) is 0 Å². The molecule has 1 saturated heterocycles. The third-order valence-electron chi connectivity index (χ3n) is 3.99. The highest BCUT2D eigenvalue weighted by molar-refractivity contribution is 5.66. The Morgan fingerprint density at radius 1 is 0.962 bits per heavy atom. The molecule has 0 saturated carbocycles. The van der Waals surface area contributed by atoms with Gasteiger partial charge in [0.25, 0.3) is 0 Å². The van der Waals surface area contributed by atoms with E-state index in [0.717, 1.165) is 25.7 Å². The number of rotatable bonds is 14. The molecule has 4 heteroatoms. The van der Waals surface area contributed by atoms with Crippen molar-refractivity contribution in [2.45, 2.75) is 70.2 Å². The third kappa shape index (κ3) is 12.5. The van der Waals surface area contributed by atoms with Crippen LogP contribution in [0, 0.1) is 0 Å². The van der Waals surface area contributed by atoms with E-state index in [2.05, 4.69) is 37.3 Å². The highest BCUT2D eigenvalue weighted by atomic mass is 16.6. The fraction of sp³-hybridized carbons (Fsp3) is 0.500. The van der Waals surface area contributed by atoms with Gasteiger partial charge in [-0.05, 0) is 32.1 Å². The van der Waals surface area contributed by atoms with Gasteiger partial charge in [-0.25, -0.2) is 0 Å². The number of allylic oxidation sites excluding steroid dienone is 9. The van der Waals surface area contributed by atoms with Gasteiger partial charge in [-0.1, -0.05) is 67.7 Å². The molecule has 0 spiro atoms. The van der Waals surface area contributed by atoms with E-state index in [1.165, 1.54) is 0 Å². The lowest BCUT2D eigenvalue weighted by atomic mass is 10.1. The Kier molecular flexibility index (Phi) is 12.2. The molecular formula is C22H32O4. The van der Waals surface area contributed by atoms with Gasteiger partial charge in [0.2, 0.25) is 0 Å². The van der Waals surface area contributed by atoms with Crippen molar-refractivity contribution < 1.29 is 19.7 Å². The largest absolute Gasteiger partial charge is 0.481 e.